The molecule has 0 aliphatic carbocycles. The molecule has 0 atom stereocenters. The first-order valence-corrected chi connectivity index (χ1v) is 7.99. The minimum atomic E-state index is -0.649. The summed E-state index contributed by atoms with van der Waals surface area (Å²) in [6.07, 6.45) is -0.849. The SMILES string of the molecule is CC(C)OC(=O)COc1ccc(C(=O)CNC(=O)OC(C)(C)C)cc1. The molecule has 0 fully saturated rings. The Labute approximate surface area is 147 Å². The fourth-order valence-electron chi connectivity index (χ4n) is 1.74. The second kappa shape index (κ2) is 9.05. The normalized spacial score (nSPS) is 11.0. The Morgan fingerprint density at radius 1 is 1.08 bits per heavy atom. The van der Waals surface area contributed by atoms with Gasteiger partial charge < -0.3 is 19.5 Å². The molecule has 7 nitrogen and oxygen atoms in total. The molecule has 0 unspecified atom stereocenters. The van der Waals surface area contributed by atoms with Gasteiger partial charge in [-0.2, -0.15) is 0 Å². The van der Waals surface area contributed by atoms with Gasteiger partial charge in [-0.3, -0.25) is 4.79 Å². The topological polar surface area (TPSA) is 90.9 Å². The number of Topliss-reactive ketones (excluding diaryl/α,β-unsaturated/α-hetero) is 1. The molecule has 0 aliphatic rings. The predicted molar refractivity (Wildman–Crippen MR) is 91.7 cm³/mol. The van der Waals surface area contributed by atoms with E-state index in [-0.39, 0.29) is 25.0 Å². The predicted octanol–water partition coefficient (Wildman–Crippen LogP) is 2.72. The standard InChI is InChI=1S/C18H25NO6/c1-12(2)24-16(21)11-23-14-8-6-13(7-9-14)15(20)10-19-17(22)25-18(3,4)5/h6-9,12H,10-11H2,1-5H3,(H,19,22). The van der Waals surface area contributed by atoms with Crippen molar-refractivity contribution in [3.8, 4) is 5.75 Å². The lowest BCUT2D eigenvalue weighted by molar-refractivity contribution is -0.149. The molecule has 0 saturated heterocycles. The van der Waals surface area contributed by atoms with Gasteiger partial charge >= 0.3 is 12.1 Å². The van der Waals surface area contributed by atoms with E-state index >= 15 is 0 Å². The van der Waals surface area contributed by atoms with Crippen LogP contribution in [0.1, 0.15) is 45.0 Å². The lowest BCUT2D eigenvalue weighted by atomic mass is 10.1. The van der Waals surface area contributed by atoms with Crippen molar-refractivity contribution < 1.29 is 28.6 Å². The van der Waals surface area contributed by atoms with Crippen LogP contribution in [0.25, 0.3) is 0 Å². The molecule has 1 aromatic carbocycles. The monoisotopic (exact) mass is 351 g/mol. The van der Waals surface area contributed by atoms with Gasteiger partial charge in [-0.05, 0) is 58.9 Å². The number of ketones is 1. The van der Waals surface area contributed by atoms with Gasteiger partial charge in [-0.1, -0.05) is 0 Å². The van der Waals surface area contributed by atoms with Crippen LogP contribution in [0.4, 0.5) is 4.79 Å². The first-order chi connectivity index (χ1) is 11.6. The molecule has 1 aromatic rings. The van der Waals surface area contributed by atoms with E-state index in [1.54, 1.807) is 58.9 Å². The number of benzene rings is 1. The van der Waals surface area contributed by atoms with Crippen LogP contribution in [0.5, 0.6) is 5.75 Å². The first-order valence-electron chi connectivity index (χ1n) is 7.99. The number of carbonyl (C=O) groups excluding carboxylic acids is 3. The summed E-state index contributed by atoms with van der Waals surface area (Å²) in [5.41, 5.74) is -0.212. The van der Waals surface area contributed by atoms with Crippen molar-refractivity contribution in [3.05, 3.63) is 29.8 Å². The molecule has 1 amide bonds. The average molecular weight is 351 g/mol. The molecule has 0 aromatic heterocycles. The molecule has 0 saturated carbocycles. The second-order valence-electron chi connectivity index (χ2n) is 6.63. The summed E-state index contributed by atoms with van der Waals surface area (Å²) in [6, 6.07) is 6.26. The summed E-state index contributed by atoms with van der Waals surface area (Å²) < 4.78 is 15.3. The van der Waals surface area contributed by atoms with Gasteiger partial charge in [0, 0.05) is 5.56 Å². The third-order valence-electron chi connectivity index (χ3n) is 2.69. The van der Waals surface area contributed by atoms with Gasteiger partial charge in [0.25, 0.3) is 0 Å². The highest BCUT2D eigenvalue weighted by Crippen LogP contribution is 2.13. The quantitative estimate of drug-likeness (QED) is 0.600. The molecular formula is C18H25NO6. The lowest BCUT2D eigenvalue weighted by Gasteiger charge is -2.19. The van der Waals surface area contributed by atoms with Gasteiger partial charge in [-0.25, -0.2) is 9.59 Å². The van der Waals surface area contributed by atoms with Crippen molar-refractivity contribution in [1.29, 1.82) is 0 Å². The van der Waals surface area contributed by atoms with E-state index in [0.29, 0.717) is 11.3 Å². The van der Waals surface area contributed by atoms with E-state index in [9.17, 15) is 14.4 Å². The number of carbonyl (C=O) groups is 3. The van der Waals surface area contributed by atoms with Gasteiger partial charge in [0.1, 0.15) is 11.4 Å². The van der Waals surface area contributed by atoms with Gasteiger partial charge in [0.2, 0.25) is 0 Å². The number of alkyl carbamates (subject to hydrolysis) is 1. The van der Waals surface area contributed by atoms with Crippen LogP contribution in [0.3, 0.4) is 0 Å². The van der Waals surface area contributed by atoms with Crippen LogP contribution in [-0.2, 0) is 14.3 Å². The number of hydrogen-bond donors (Lipinski definition) is 1. The highest BCUT2D eigenvalue weighted by Gasteiger charge is 2.17. The van der Waals surface area contributed by atoms with Crippen molar-refractivity contribution in [3.63, 3.8) is 0 Å². The number of hydrogen-bond acceptors (Lipinski definition) is 6. The third-order valence-corrected chi connectivity index (χ3v) is 2.69. The van der Waals surface area contributed by atoms with Crippen LogP contribution in [0.2, 0.25) is 0 Å². The van der Waals surface area contributed by atoms with Crippen LogP contribution in [0, 0.1) is 0 Å². The fraction of sp³-hybridized carbons (Fsp3) is 0.500. The highest BCUT2D eigenvalue weighted by molar-refractivity contribution is 5.99. The van der Waals surface area contributed by atoms with E-state index in [4.69, 9.17) is 14.2 Å². The van der Waals surface area contributed by atoms with E-state index in [1.807, 2.05) is 0 Å². The number of nitrogens with one attached hydrogen (secondary N) is 1. The Hall–Kier alpha value is -2.57. The molecule has 0 heterocycles. The zero-order valence-electron chi connectivity index (χ0n) is 15.3. The Kier molecular flexibility index (Phi) is 7.42. The van der Waals surface area contributed by atoms with Crippen molar-refractivity contribution in [2.24, 2.45) is 0 Å². The molecule has 0 spiro atoms. The zero-order valence-corrected chi connectivity index (χ0v) is 15.3. The van der Waals surface area contributed by atoms with Crippen LogP contribution in [-0.4, -0.2) is 42.7 Å². The number of ether oxygens (including phenoxy) is 3. The van der Waals surface area contributed by atoms with Gasteiger partial charge in [0.05, 0.1) is 12.6 Å². The van der Waals surface area contributed by atoms with Crippen LogP contribution < -0.4 is 10.1 Å². The summed E-state index contributed by atoms with van der Waals surface area (Å²) >= 11 is 0. The molecule has 0 radical (unpaired) electrons. The van der Waals surface area contributed by atoms with Crippen molar-refractivity contribution in [1.82, 2.24) is 5.32 Å². The van der Waals surface area contributed by atoms with Crippen molar-refractivity contribution in [2.75, 3.05) is 13.2 Å². The molecule has 138 valence electrons. The van der Waals surface area contributed by atoms with Crippen LogP contribution in [0.15, 0.2) is 24.3 Å². The van der Waals surface area contributed by atoms with Crippen LogP contribution >= 0.6 is 0 Å². The number of esters is 1. The average Bonchev–Trinajstić information content (AvgIpc) is 2.49. The van der Waals surface area contributed by atoms with Crippen molar-refractivity contribution >= 4 is 17.8 Å². The minimum Gasteiger partial charge on any atom is -0.482 e. The van der Waals surface area contributed by atoms with E-state index in [0.717, 1.165) is 0 Å². The summed E-state index contributed by atoms with van der Waals surface area (Å²) in [5.74, 6) is -0.286. The zero-order chi connectivity index (χ0) is 19.0. The smallest absolute Gasteiger partial charge is 0.408 e. The number of amides is 1. The largest absolute Gasteiger partial charge is 0.482 e. The minimum absolute atomic E-state index is 0.171. The van der Waals surface area contributed by atoms with E-state index in [1.165, 1.54) is 0 Å². The summed E-state index contributed by atoms with van der Waals surface area (Å²) in [5, 5.41) is 2.41. The van der Waals surface area contributed by atoms with Gasteiger partial charge in [-0.15, -0.1) is 0 Å². The summed E-state index contributed by atoms with van der Waals surface area (Å²) in [6.45, 7) is 8.35. The molecule has 7 heteroatoms. The Morgan fingerprint density at radius 2 is 1.68 bits per heavy atom. The Balaban J connectivity index is 2.46. The maximum absolute atomic E-state index is 12.0. The maximum atomic E-state index is 12.0. The fourth-order valence-corrected chi connectivity index (χ4v) is 1.74. The Bertz CT molecular complexity index is 601. The molecule has 0 bridgehead atoms. The van der Waals surface area contributed by atoms with Crippen molar-refractivity contribution in [2.45, 2.75) is 46.3 Å². The molecule has 1 N–H and O–H groups in total. The van der Waals surface area contributed by atoms with Gasteiger partial charge in [0.15, 0.2) is 12.4 Å². The molecule has 1 rings (SSSR count). The highest BCUT2D eigenvalue weighted by atomic mass is 16.6. The maximum Gasteiger partial charge on any atom is 0.408 e. The second-order valence-corrected chi connectivity index (χ2v) is 6.63. The summed E-state index contributed by atoms with van der Waals surface area (Å²) in [4.78, 5) is 34.9. The molecule has 0 aliphatic heterocycles. The van der Waals surface area contributed by atoms with E-state index in [2.05, 4.69) is 5.32 Å². The number of rotatable bonds is 7. The summed E-state index contributed by atoms with van der Waals surface area (Å²) in [7, 11) is 0. The lowest BCUT2D eigenvalue weighted by Crippen LogP contribution is -2.35. The third kappa shape index (κ3) is 8.74. The Morgan fingerprint density at radius 3 is 2.20 bits per heavy atom. The van der Waals surface area contributed by atoms with E-state index < -0.39 is 17.7 Å². The molecule has 25 heavy (non-hydrogen) atoms. The molecular weight excluding hydrogens is 326 g/mol. The first kappa shape index (κ1) is 20.5.